The quantitative estimate of drug-likeness (QED) is 0.865. The van der Waals surface area contributed by atoms with Crippen molar-refractivity contribution < 1.29 is 14.3 Å². The molecule has 0 aromatic heterocycles. The summed E-state index contributed by atoms with van der Waals surface area (Å²) in [5.74, 6) is 0.0912. The van der Waals surface area contributed by atoms with Crippen LogP contribution in [-0.2, 0) is 20.7 Å². The Labute approximate surface area is 156 Å². The van der Waals surface area contributed by atoms with Crippen LogP contribution in [0.5, 0.6) is 0 Å². The summed E-state index contributed by atoms with van der Waals surface area (Å²) >= 11 is 0. The molecule has 0 unspecified atom stereocenters. The molecule has 6 heteroatoms. The van der Waals surface area contributed by atoms with Gasteiger partial charge in [-0.15, -0.1) is 12.4 Å². The fraction of sp³-hybridized carbons (Fsp3) is 0.632. The third kappa shape index (κ3) is 5.42. The lowest BCUT2D eigenvalue weighted by atomic mass is 9.89. The molecule has 0 saturated carbocycles. The van der Waals surface area contributed by atoms with E-state index in [1.165, 1.54) is 5.56 Å². The first-order valence-electron chi connectivity index (χ1n) is 8.99. The average molecular weight is 369 g/mol. The molecular weight excluding hydrogens is 340 g/mol. The molecule has 0 radical (unpaired) electrons. The zero-order chi connectivity index (χ0) is 16.8. The van der Waals surface area contributed by atoms with Gasteiger partial charge in [0.25, 0.3) is 0 Å². The van der Waals surface area contributed by atoms with Gasteiger partial charge in [0.05, 0.1) is 18.2 Å². The second-order valence-corrected chi connectivity index (χ2v) is 6.87. The van der Waals surface area contributed by atoms with Crippen molar-refractivity contribution in [3.05, 3.63) is 35.9 Å². The Bertz CT molecular complexity index is 527. The van der Waals surface area contributed by atoms with Crippen molar-refractivity contribution in [1.29, 1.82) is 0 Å². The molecule has 2 N–H and O–H groups in total. The molecule has 0 aliphatic carbocycles. The van der Waals surface area contributed by atoms with Gasteiger partial charge in [0.15, 0.2) is 0 Å². The Kier molecular flexibility index (Phi) is 7.69. The number of piperidine rings is 1. The molecule has 2 aliphatic heterocycles. The van der Waals surface area contributed by atoms with Crippen molar-refractivity contribution in [3.8, 4) is 0 Å². The smallest absolute Gasteiger partial charge is 0.242 e. The van der Waals surface area contributed by atoms with Gasteiger partial charge in [0.1, 0.15) is 0 Å². The zero-order valence-corrected chi connectivity index (χ0v) is 15.5. The first kappa shape index (κ1) is 20.2. The van der Waals surface area contributed by atoms with E-state index in [1.54, 1.807) is 0 Å². The number of likely N-dealkylation sites (tertiary alicyclic amines) is 1. The number of benzene rings is 1. The Morgan fingerprint density at radius 2 is 1.84 bits per heavy atom. The molecule has 25 heavy (non-hydrogen) atoms. The second-order valence-electron chi connectivity index (χ2n) is 6.87. The number of carbonyl (C=O) groups is 1. The molecule has 140 valence electrons. The lowest BCUT2D eigenvalue weighted by molar-refractivity contribution is -0.143. The Morgan fingerprint density at radius 1 is 1.20 bits per heavy atom. The highest BCUT2D eigenvalue weighted by molar-refractivity contribution is 5.86. The van der Waals surface area contributed by atoms with Gasteiger partial charge in [-0.2, -0.15) is 0 Å². The van der Waals surface area contributed by atoms with Crippen LogP contribution in [-0.4, -0.2) is 55.4 Å². The van der Waals surface area contributed by atoms with Crippen molar-refractivity contribution >= 4 is 18.3 Å². The van der Waals surface area contributed by atoms with Crippen molar-refractivity contribution in [3.63, 3.8) is 0 Å². The summed E-state index contributed by atoms with van der Waals surface area (Å²) in [6, 6.07) is 10.4. The van der Waals surface area contributed by atoms with Gasteiger partial charge in [-0.05, 0) is 37.7 Å². The van der Waals surface area contributed by atoms with Gasteiger partial charge in [0.2, 0.25) is 5.91 Å². The molecule has 2 fully saturated rings. The van der Waals surface area contributed by atoms with Crippen LogP contribution in [0, 0.1) is 0 Å². The first-order chi connectivity index (χ1) is 11.7. The molecule has 2 saturated heterocycles. The van der Waals surface area contributed by atoms with Gasteiger partial charge in [0, 0.05) is 26.3 Å². The van der Waals surface area contributed by atoms with Crippen molar-refractivity contribution in [2.45, 2.75) is 43.7 Å². The minimum absolute atomic E-state index is 0. The highest BCUT2D eigenvalue weighted by Gasteiger charge is 2.39. The van der Waals surface area contributed by atoms with Gasteiger partial charge < -0.3 is 20.1 Å². The van der Waals surface area contributed by atoms with E-state index in [9.17, 15) is 4.79 Å². The Hall–Kier alpha value is -1.14. The number of rotatable bonds is 5. The normalized spacial score (nSPS) is 20.8. The number of halogens is 1. The lowest BCUT2D eigenvalue weighted by Gasteiger charge is -2.39. The molecular formula is C19H29ClN2O3. The number of nitrogens with zero attached hydrogens (tertiary/aromatic N) is 1. The van der Waals surface area contributed by atoms with Crippen LogP contribution < -0.4 is 5.73 Å². The van der Waals surface area contributed by atoms with Gasteiger partial charge in [-0.3, -0.25) is 4.79 Å². The van der Waals surface area contributed by atoms with Crippen LogP contribution in [0.25, 0.3) is 0 Å². The van der Waals surface area contributed by atoms with Crippen LogP contribution in [0.4, 0.5) is 0 Å². The average Bonchev–Trinajstić information content (AvgIpc) is 2.63. The minimum atomic E-state index is -0.723. The van der Waals surface area contributed by atoms with Gasteiger partial charge in [-0.25, -0.2) is 0 Å². The third-order valence-electron chi connectivity index (χ3n) is 5.13. The number of carbonyl (C=O) groups excluding carboxylic acids is 1. The maximum absolute atomic E-state index is 12.7. The molecule has 3 rings (SSSR count). The van der Waals surface area contributed by atoms with E-state index >= 15 is 0 Å². The van der Waals surface area contributed by atoms with Gasteiger partial charge in [-0.1, -0.05) is 30.3 Å². The number of nitrogens with two attached hydrogens (primary N) is 1. The second kappa shape index (κ2) is 9.53. The van der Waals surface area contributed by atoms with Crippen molar-refractivity contribution in [1.82, 2.24) is 4.90 Å². The van der Waals surface area contributed by atoms with E-state index in [0.717, 1.165) is 39.0 Å². The number of hydrogen-bond acceptors (Lipinski definition) is 4. The molecule has 2 heterocycles. The SMILES string of the molecule is Cl.NC1(C(=O)N2CCC(OCCc3ccccc3)CC2)CCOCC1. The molecule has 0 spiro atoms. The van der Waals surface area contributed by atoms with Crippen LogP contribution in [0.1, 0.15) is 31.2 Å². The first-order valence-corrected chi connectivity index (χ1v) is 8.99. The number of hydrogen-bond donors (Lipinski definition) is 1. The summed E-state index contributed by atoms with van der Waals surface area (Å²) in [4.78, 5) is 14.6. The van der Waals surface area contributed by atoms with Crippen molar-refractivity contribution in [2.24, 2.45) is 5.73 Å². The lowest BCUT2D eigenvalue weighted by Crippen LogP contribution is -2.59. The summed E-state index contributed by atoms with van der Waals surface area (Å²) in [7, 11) is 0. The van der Waals surface area contributed by atoms with E-state index in [2.05, 4.69) is 24.3 Å². The van der Waals surface area contributed by atoms with E-state index in [1.807, 2.05) is 11.0 Å². The maximum Gasteiger partial charge on any atom is 0.242 e. The molecule has 1 aromatic carbocycles. The monoisotopic (exact) mass is 368 g/mol. The largest absolute Gasteiger partial charge is 0.381 e. The fourth-order valence-corrected chi connectivity index (χ4v) is 3.48. The molecule has 5 nitrogen and oxygen atoms in total. The highest BCUT2D eigenvalue weighted by Crippen LogP contribution is 2.23. The van der Waals surface area contributed by atoms with Crippen molar-refractivity contribution in [2.75, 3.05) is 32.9 Å². The predicted octanol–water partition coefficient (Wildman–Crippen LogP) is 2.17. The van der Waals surface area contributed by atoms with E-state index in [0.29, 0.717) is 26.1 Å². The third-order valence-corrected chi connectivity index (χ3v) is 5.13. The fourth-order valence-electron chi connectivity index (χ4n) is 3.48. The predicted molar refractivity (Wildman–Crippen MR) is 99.9 cm³/mol. The maximum atomic E-state index is 12.7. The summed E-state index contributed by atoms with van der Waals surface area (Å²) in [6.07, 6.45) is 4.23. The van der Waals surface area contributed by atoms with Crippen LogP contribution >= 0.6 is 12.4 Å². The summed E-state index contributed by atoms with van der Waals surface area (Å²) in [5.41, 5.74) is 6.89. The standard InChI is InChI=1S/C19H28N2O3.ClH/c20-19(9-14-23-15-10-19)18(22)21-11-6-17(7-12-21)24-13-8-16-4-2-1-3-5-16;/h1-5,17H,6-15,20H2;1H. The minimum Gasteiger partial charge on any atom is -0.381 e. The zero-order valence-electron chi connectivity index (χ0n) is 14.7. The number of ether oxygens (including phenoxy) is 2. The summed E-state index contributed by atoms with van der Waals surface area (Å²) in [5, 5.41) is 0. The van der Waals surface area contributed by atoms with E-state index < -0.39 is 5.54 Å². The molecule has 0 bridgehead atoms. The number of amides is 1. The van der Waals surface area contributed by atoms with Gasteiger partial charge >= 0.3 is 0 Å². The van der Waals surface area contributed by atoms with Crippen LogP contribution in [0.3, 0.4) is 0 Å². The molecule has 0 atom stereocenters. The van der Waals surface area contributed by atoms with Crippen LogP contribution in [0.15, 0.2) is 30.3 Å². The van der Waals surface area contributed by atoms with Crippen LogP contribution in [0.2, 0.25) is 0 Å². The summed E-state index contributed by atoms with van der Waals surface area (Å²) < 4.78 is 11.3. The van der Waals surface area contributed by atoms with E-state index in [4.69, 9.17) is 15.2 Å². The molecule has 1 aromatic rings. The molecule has 2 aliphatic rings. The molecule has 1 amide bonds. The Morgan fingerprint density at radius 3 is 2.48 bits per heavy atom. The topological polar surface area (TPSA) is 64.8 Å². The summed E-state index contributed by atoms with van der Waals surface area (Å²) in [6.45, 7) is 3.40. The highest BCUT2D eigenvalue weighted by atomic mass is 35.5. The Balaban J connectivity index is 0.00000225. The van der Waals surface area contributed by atoms with E-state index in [-0.39, 0.29) is 24.4 Å².